The van der Waals surface area contributed by atoms with Crippen LogP contribution in [0.1, 0.15) is 6.92 Å². The van der Waals surface area contributed by atoms with E-state index in [0.29, 0.717) is 17.4 Å². The van der Waals surface area contributed by atoms with Gasteiger partial charge in [0.2, 0.25) is 5.90 Å². The average Bonchev–Trinajstić information content (AvgIpc) is 2.73. The van der Waals surface area contributed by atoms with Crippen LogP contribution < -0.4 is 0 Å². The van der Waals surface area contributed by atoms with Crippen LogP contribution in [0.25, 0.3) is 0 Å². The average molecular weight is 216 g/mol. The van der Waals surface area contributed by atoms with Gasteiger partial charge in [-0.1, -0.05) is 6.08 Å². The molecule has 0 unspecified atom stereocenters. The topological polar surface area (TPSA) is 54.6 Å². The highest BCUT2D eigenvalue weighted by Gasteiger charge is 2.62. The van der Waals surface area contributed by atoms with Crippen molar-refractivity contribution in [3.63, 3.8) is 0 Å². The molecule has 0 N–H and O–H groups in total. The highest BCUT2D eigenvalue weighted by atomic mass is 16.5. The van der Waals surface area contributed by atoms with Crippen LogP contribution in [0.4, 0.5) is 0 Å². The molecule has 3 aliphatic rings. The lowest BCUT2D eigenvalue weighted by molar-refractivity contribution is -0.0565. The van der Waals surface area contributed by atoms with E-state index in [1.807, 2.05) is 6.08 Å². The van der Waals surface area contributed by atoms with E-state index in [0.717, 1.165) is 0 Å². The van der Waals surface area contributed by atoms with Crippen molar-refractivity contribution >= 4 is 5.90 Å². The third-order valence-electron chi connectivity index (χ3n) is 3.77. The zero-order valence-electron chi connectivity index (χ0n) is 9.18. The van der Waals surface area contributed by atoms with E-state index >= 15 is 0 Å². The first-order chi connectivity index (χ1) is 7.70. The molecule has 82 valence electrons. The molecule has 0 amide bonds. The van der Waals surface area contributed by atoms with Crippen LogP contribution in [0.5, 0.6) is 0 Å². The summed E-state index contributed by atoms with van der Waals surface area (Å²) in [4.78, 5) is 4.53. The maximum atomic E-state index is 9.02. The maximum Gasteiger partial charge on any atom is 0.227 e. The van der Waals surface area contributed by atoms with Crippen LogP contribution in [0.2, 0.25) is 0 Å². The van der Waals surface area contributed by atoms with Crippen molar-refractivity contribution in [2.75, 3.05) is 7.11 Å². The Bertz CT molecular complexity index is 472. The summed E-state index contributed by atoms with van der Waals surface area (Å²) < 4.78 is 10.7. The van der Waals surface area contributed by atoms with Crippen LogP contribution in [0.3, 0.4) is 0 Å². The van der Waals surface area contributed by atoms with Gasteiger partial charge in [-0.3, -0.25) is 0 Å². The predicted molar refractivity (Wildman–Crippen MR) is 57.5 cm³/mol. The minimum atomic E-state index is -0.278. The molecule has 0 radical (unpaired) electrons. The minimum absolute atomic E-state index is 0.0964. The summed E-state index contributed by atoms with van der Waals surface area (Å²) in [6.07, 6.45) is 5.85. The molecule has 1 aliphatic carbocycles. The molecule has 0 aromatic carbocycles. The van der Waals surface area contributed by atoms with Crippen molar-refractivity contribution in [3.8, 4) is 6.07 Å². The first-order valence-electron chi connectivity index (χ1n) is 5.29. The van der Waals surface area contributed by atoms with E-state index in [4.69, 9.17) is 14.7 Å². The lowest BCUT2D eigenvalue weighted by atomic mass is 9.57. The third-order valence-corrected chi connectivity index (χ3v) is 3.77. The van der Waals surface area contributed by atoms with Gasteiger partial charge in [-0.15, -0.1) is 0 Å². The van der Waals surface area contributed by atoms with Crippen molar-refractivity contribution < 1.29 is 9.47 Å². The highest BCUT2D eigenvalue weighted by Crippen LogP contribution is 2.54. The van der Waals surface area contributed by atoms with Crippen LogP contribution >= 0.6 is 0 Å². The summed E-state index contributed by atoms with van der Waals surface area (Å²) in [5, 5.41) is 9.02. The summed E-state index contributed by atoms with van der Waals surface area (Å²) in [7, 11) is 1.54. The lowest BCUT2D eigenvalue weighted by Gasteiger charge is -2.53. The van der Waals surface area contributed by atoms with E-state index < -0.39 is 0 Å². The standard InChI is InChI=1S/C12H12N2O2/c1-12-9(8-3-4-16-10(8)12)5-7(6-13)11(14-12)15-2/h3-5,8-10H,1-2H3/t8-,9-,10-,12+/m1/s1. The predicted octanol–water partition coefficient (Wildman–Crippen LogP) is 1.41. The molecular weight excluding hydrogens is 204 g/mol. The Kier molecular flexibility index (Phi) is 1.70. The molecule has 2 heterocycles. The van der Waals surface area contributed by atoms with Crippen molar-refractivity contribution in [2.24, 2.45) is 16.8 Å². The van der Waals surface area contributed by atoms with Gasteiger partial charge in [-0.2, -0.15) is 5.26 Å². The zero-order chi connectivity index (χ0) is 11.3. The van der Waals surface area contributed by atoms with Gasteiger partial charge in [0.05, 0.1) is 13.4 Å². The molecule has 0 aromatic rings. The molecule has 1 saturated carbocycles. The fourth-order valence-electron chi connectivity index (χ4n) is 2.90. The zero-order valence-corrected chi connectivity index (χ0v) is 9.18. The smallest absolute Gasteiger partial charge is 0.227 e. The molecule has 1 fully saturated rings. The van der Waals surface area contributed by atoms with Crippen LogP contribution in [0, 0.1) is 23.2 Å². The molecule has 3 rings (SSSR count). The Hall–Kier alpha value is -1.76. The summed E-state index contributed by atoms with van der Waals surface area (Å²) >= 11 is 0. The normalized spacial score (nSPS) is 42.9. The van der Waals surface area contributed by atoms with Gasteiger partial charge in [0.1, 0.15) is 23.3 Å². The first kappa shape index (κ1) is 9.46. The third kappa shape index (κ3) is 0.909. The fourth-order valence-corrected chi connectivity index (χ4v) is 2.90. The first-order valence-corrected chi connectivity index (χ1v) is 5.29. The quantitative estimate of drug-likeness (QED) is 0.615. The largest absolute Gasteiger partial charge is 0.495 e. The van der Waals surface area contributed by atoms with Crippen molar-refractivity contribution in [2.45, 2.75) is 18.6 Å². The van der Waals surface area contributed by atoms with Gasteiger partial charge < -0.3 is 9.47 Å². The van der Waals surface area contributed by atoms with Crippen LogP contribution in [-0.4, -0.2) is 24.7 Å². The Labute approximate surface area is 93.9 Å². The van der Waals surface area contributed by atoms with Gasteiger partial charge >= 0.3 is 0 Å². The second kappa shape index (κ2) is 2.88. The lowest BCUT2D eigenvalue weighted by Crippen LogP contribution is -2.63. The van der Waals surface area contributed by atoms with Gasteiger partial charge in [0.25, 0.3) is 0 Å². The second-order valence-electron chi connectivity index (χ2n) is 4.53. The molecule has 16 heavy (non-hydrogen) atoms. The van der Waals surface area contributed by atoms with E-state index in [2.05, 4.69) is 24.1 Å². The number of dihydropyridines is 1. The second-order valence-corrected chi connectivity index (χ2v) is 4.53. The number of aliphatic imine (C=N–C) groups is 1. The van der Waals surface area contributed by atoms with Crippen LogP contribution in [0.15, 0.2) is 29.0 Å². The summed E-state index contributed by atoms with van der Waals surface area (Å²) in [6.45, 7) is 2.05. The van der Waals surface area contributed by atoms with E-state index in [9.17, 15) is 0 Å². The summed E-state index contributed by atoms with van der Waals surface area (Å²) in [6, 6.07) is 2.13. The van der Waals surface area contributed by atoms with Gasteiger partial charge in [0, 0.05) is 11.8 Å². The Balaban J connectivity index is 2.02. The Morgan fingerprint density at radius 2 is 2.44 bits per heavy atom. The number of fused-ring (bicyclic) bond motifs is 4. The molecule has 2 aliphatic heterocycles. The van der Waals surface area contributed by atoms with E-state index in [-0.39, 0.29) is 17.6 Å². The fraction of sp³-hybridized carbons (Fsp3) is 0.500. The molecule has 4 nitrogen and oxygen atoms in total. The Morgan fingerprint density at radius 1 is 1.62 bits per heavy atom. The SMILES string of the molecule is COC1=N[C@@]2(C)[C@H](C=C1C#N)[C@H]1C=CO[C@H]12. The van der Waals surface area contributed by atoms with Crippen molar-refractivity contribution in [1.82, 2.24) is 0 Å². The minimum Gasteiger partial charge on any atom is -0.495 e. The summed E-state index contributed by atoms with van der Waals surface area (Å²) in [5.74, 6) is 1.04. The number of methoxy groups -OCH3 is 1. The van der Waals surface area contributed by atoms with E-state index in [1.165, 1.54) is 7.11 Å². The molecular formula is C12H12N2O2. The molecule has 4 atom stereocenters. The maximum absolute atomic E-state index is 9.02. The van der Waals surface area contributed by atoms with E-state index in [1.54, 1.807) is 6.26 Å². The molecule has 0 saturated heterocycles. The number of ether oxygens (including phenoxy) is 2. The molecule has 0 bridgehead atoms. The monoisotopic (exact) mass is 216 g/mol. The number of rotatable bonds is 0. The molecule has 0 spiro atoms. The van der Waals surface area contributed by atoms with Gasteiger partial charge in [-0.25, -0.2) is 4.99 Å². The summed E-state index contributed by atoms with van der Waals surface area (Å²) in [5.41, 5.74) is 0.253. The van der Waals surface area contributed by atoms with Gasteiger partial charge in [-0.05, 0) is 13.0 Å². The number of nitrogens with zero attached hydrogens (tertiary/aromatic N) is 2. The van der Waals surface area contributed by atoms with Crippen LogP contribution in [-0.2, 0) is 9.47 Å². The molecule has 4 heteroatoms. The number of hydrogen-bond donors (Lipinski definition) is 0. The van der Waals surface area contributed by atoms with Crippen molar-refractivity contribution in [3.05, 3.63) is 24.0 Å². The Morgan fingerprint density at radius 3 is 3.12 bits per heavy atom. The van der Waals surface area contributed by atoms with Crippen molar-refractivity contribution in [1.29, 1.82) is 5.26 Å². The number of nitriles is 1. The number of hydrogen-bond acceptors (Lipinski definition) is 4. The molecule has 0 aromatic heterocycles. The van der Waals surface area contributed by atoms with Gasteiger partial charge in [0.15, 0.2) is 0 Å². The highest BCUT2D eigenvalue weighted by molar-refractivity contribution is 5.98.